The Morgan fingerprint density at radius 1 is 1.31 bits per heavy atom. The number of amides is 2. The average molecular weight is 378 g/mol. The van der Waals surface area contributed by atoms with Gasteiger partial charge in [-0.1, -0.05) is 13.0 Å². The second-order valence-corrected chi connectivity index (χ2v) is 7.90. The molecule has 1 atom stereocenters. The van der Waals surface area contributed by atoms with Crippen LogP contribution in [0.5, 0.6) is 0 Å². The molecule has 2 fully saturated rings. The number of nitrogens with zero attached hydrogens (tertiary/aromatic N) is 1. The first kappa shape index (κ1) is 19.2. The first-order valence-corrected chi connectivity index (χ1v) is 10.4. The number of hydrogen-bond acceptors (Lipinski definition) is 5. The summed E-state index contributed by atoms with van der Waals surface area (Å²) in [6.45, 7) is 5.82. The number of carbonyl (C=O) groups is 2. The van der Waals surface area contributed by atoms with Crippen LogP contribution in [-0.4, -0.2) is 66.6 Å². The lowest BCUT2D eigenvalue weighted by atomic mass is 9.95. The predicted octanol–water partition coefficient (Wildman–Crippen LogP) is 1.97. The Kier molecular flexibility index (Phi) is 6.56. The van der Waals surface area contributed by atoms with Crippen molar-refractivity contribution >= 4 is 29.3 Å². The topological polar surface area (TPSA) is 70.7 Å². The lowest BCUT2D eigenvalue weighted by Gasteiger charge is -2.43. The molecule has 26 heavy (non-hydrogen) atoms. The van der Waals surface area contributed by atoms with Crippen LogP contribution < -0.4 is 10.6 Å². The summed E-state index contributed by atoms with van der Waals surface area (Å²) in [7, 11) is 0. The summed E-state index contributed by atoms with van der Waals surface area (Å²) in [4.78, 5) is 26.7. The highest BCUT2D eigenvalue weighted by atomic mass is 32.2. The van der Waals surface area contributed by atoms with Crippen molar-refractivity contribution < 1.29 is 14.3 Å². The van der Waals surface area contributed by atoms with Gasteiger partial charge in [0.15, 0.2) is 0 Å². The maximum absolute atomic E-state index is 12.7. The Hall–Kier alpha value is -1.57. The minimum atomic E-state index is -0.0952. The minimum Gasteiger partial charge on any atom is -0.379 e. The van der Waals surface area contributed by atoms with E-state index in [-0.39, 0.29) is 17.4 Å². The third-order valence-corrected chi connectivity index (χ3v) is 6.31. The van der Waals surface area contributed by atoms with E-state index in [1.54, 1.807) is 31.2 Å². The molecule has 1 aromatic rings. The summed E-state index contributed by atoms with van der Waals surface area (Å²) in [5.74, 6) is 2.02. The Balaban J connectivity index is 1.63. The van der Waals surface area contributed by atoms with Gasteiger partial charge in [-0.25, -0.2) is 0 Å². The van der Waals surface area contributed by atoms with Gasteiger partial charge in [0.05, 0.1) is 13.2 Å². The van der Waals surface area contributed by atoms with E-state index in [1.165, 1.54) is 0 Å². The highest BCUT2D eigenvalue weighted by molar-refractivity contribution is 7.99. The monoisotopic (exact) mass is 377 g/mol. The molecule has 2 saturated heterocycles. The number of anilines is 1. The maximum Gasteiger partial charge on any atom is 0.251 e. The Labute approximate surface area is 159 Å². The number of thioether (sulfide) groups is 1. The fourth-order valence-corrected chi connectivity index (χ4v) is 4.95. The van der Waals surface area contributed by atoms with Crippen LogP contribution >= 0.6 is 11.8 Å². The van der Waals surface area contributed by atoms with E-state index < -0.39 is 0 Å². The van der Waals surface area contributed by atoms with Crippen molar-refractivity contribution in [3.05, 3.63) is 29.8 Å². The van der Waals surface area contributed by atoms with Crippen LogP contribution in [0.25, 0.3) is 0 Å². The van der Waals surface area contributed by atoms with E-state index in [0.29, 0.717) is 24.2 Å². The van der Waals surface area contributed by atoms with Crippen LogP contribution in [0.2, 0.25) is 0 Å². The Morgan fingerprint density at radius 3 is 2.81 bits per heavy atom. The second-order valence-electron chi connectivity index (χ2n) is 6.79. The number of morpholine rings is 1. The summed E-state index contributed by atoms with van der Waals surface area (Å²) < 4.78 is 5.48. The molecule has 142 valence electrons. The van der Waals surface area contributed by atoms with E-state index >= 15 is 0 Å². The largest absolute Gasteiger partial charge is 0.379 e. The van der Waals surface area contributed by atoms with Crippen molar-refractivity contribution in [2.75, 3.05) is 49.7 Å². The third-order valence-electron chi connectivity index (χ3n) is 5.07. The standard InChI is InChI=1S/C19H27N3O3S/c1-2-17(23)21-16-5-3-4-15(12-16)18(24)20-13-19(6-11-26-14-19)22-7-9-25-10-8-22/h3-5,12H,2,6-11,13-14H2,1H3,(H,20,24)(H,21,23). The van der Waals surface area contributed by atoms with Gasteiger partial charge in [0, 0.05) is 48.6 Å². The van der Waals surface area contributed by atoms with Gasteiger partial charge in [0.25, 0.3) is 5.91 Å². The highest BCUT2D eigenvalue weighted by Crippen LogP contribution is 2.33. The number of nitrogens with one attached hydrogen (secondary N) is 2. The quantitative estimate of drug-likeness (QED) is 0.793. The number of benzene rings is 1. The zero-order chi connectivity index (χ0) is 18.4. The summed E-state index contributed by atoms with van der Waals surface area (Å²) in [6, 6.07) is 7.10. The SMILES string of the molecule is CCC(=O)Nc1cccc(C(=O)NCC2(N3CCOCC3)CCSC2)c1. The fourth-order valence-electron chi connectivity index (χ4n) is 3.47. The number of ether oxygens (including phenoxy) is 1. The first-order valence-electron chi connectivity index (χ1n) is 9.22. The molecule has 0 spiro atoms. The fraction of sp³-hybridized carbons (Fsp3) is 0.579. The van der Waals surface area contributed by atoms with Gasteiger partial charge >= 0.3 is 0 Å². The minimum absolute atomic E-state index is 0.0259. The normalized spacial score (nSPS) is 23.6. The molecule has 2 amide bonds. The smallest absolute Gasteiger partial charge is 0.251 e. The first-order chi connectivity index (χ1) is 12.6. The average Bonchev–Trinajstić information content (AvgIpc) is 3.17. The molecule has 3 rings (SSSR count). The molecule has 0 radical (unpaired) electrons. The molecule has 0 aliphatic carbocycles. The number of hydrogen-bond donors (Lipinski definition) is 2. The highest BCUT2D eigenvalue weighted by Gasteiger charge is 2.40. The van der Waals surface area contributed by atoms with E-state index in [0.717, 1.165) is 44.2 Å². The molecule has 2 heterocycles. The second kappa shape index (κ2) is 8.88. The summed E-state index contributed by atoms with van der Waals surface area (Å²) in [6.07, 6.45) is 1.50. The molecule has 0 aromatic heterocycles. The third kappa shape index (κ3) is 4.58. The van der Waals surface area contributed by atoms with Gasteiger partial charge in [-0.15, -0.1) is 0 Å². The van der Waals surface area contributed by atoms with Crippen LogP contribution in [0.3, 0.4) is 0 Å². The van der Waals surface area contributed by atoms with Crippen LogP contribution in [0, 0.1) is 0 Å². The van der Waals surface area contributed by atoms with Crippen LogP contribution in [0.4, 0.5) is 5.69 Å². The molecule has 2 aliphatic heterocycles. The molecule has 0 saturated carbocycles. The molecule has 2 N–H and O–H groups in total. The van der Waals surface area contributed by atoms with Crippen LogP contribution in [0.1, 0.15) is 30.1 Å². The lowest BCUT2D eigenvalue weighted by Crippen LogP contribution is -2.59. The van der Waals surface area contributed by atoms with Gasteiger partial charge < -0.3 is 15.4 Å². The van der Waals surface area contributed by atoms with E-state index in [1.807, 2.05) is 11.8 Å². The molecule has 2 aliphatic rings. The van der Waals surface area contributed by atoms with Gasteiger partial charge in [-0.2, -0.15) is 11.8 Å². The zero-order valence-corrected chi connectivity index (χ0v) is 16.1. The molecular formula is C19H27N3O3S. The Bertz CT molecular complexity index is 641. The molecule has 1 unspecified atom stereocenters. The maximum atomic E-state index is 12.7. The Morgan fingerprint density at radius 2 is 2.12 bits per heavy atom. The lowest BCUT2D eigenvalue weighted by molar-refractivity contribution is -0.115. The van der Waals surface area contributed by atoms with Crippen molar-refractivity contribution in [3.8, 4) is 0 Å². The van der Waals surface area contributed by atoms with Crippen LogP contribution in [0.15, 0.2) is 24.3 Å². The predicted molar refractivity (Wildman–Crippen MR) is 105 cm³/mol. The van der Waals surface area contributed by atoms with E-state index in [9.17, 15) is 9.59 Å². The van der Waals surface area contributed by atoms with Gasteiger partial charge in [0.2, 0.25) is 5.91 Å². The van der Waals surface area contributed by atoms with Gasteiger partial charge in [-0.05, 0) is 30.4 Å². The van der Waals surface area contributed by atoms with Gasteiger partial charge in [-0.3, -0.25) is 14.5 Å². The molecule has 0 bridgehead atoms. The molecule has 1 aromatic carbocycles. The summed E-state index contributed by atoms with van der Waals surface area (Å²) in [5, 5.41) is 5.92. The van der Waals surface area contributed by atoms with Crippen molar-refractivity contribution in [3.63, 3.8) is 0 Å². The van der Waals surface area contributed by atoms with Crippen molar-refractivity contribution in [1.29, 1.82) is 0 Å². The molecule has 6 nitrogen and oxygen atoms in total. The number of rotatable bonds is 6. The summed E-state index contributed by atoms with van der Waals surface area (Å²) >= 11 is 1.95. The molecule has 7 heteroatoms. The summed E-state index contributed by atoms with van der Waals surface area (Å²) in [5.41, 5.74) is 1.25. The van der Waals surface area contributed by atoms with Crippen molar-refractivity contribution in [2.45, 2.75) is 25.3 Å². The van der Waals surface area contributed by atoms with Crippen molar-refractivity contribution in [1.82, 2.24) is 10.2 Å². The molecular weight excluding hydrogens is 350 g/mol. The van der Waals surface area contributed by atoms with Crippen molar-refractivity contribution in [2.24, 2.45) is 0 Å². The van der Waals surface area contributed by atoms with Gasteiger partial charge in [0.1, 0.15) is 0 Å². The van der Waals surface area contributed by atoms with E-state index in [2.05, 4.69) is 15.5 Å². The number of carbonyl (C=O) groups excluding carboxylic acids is 2. The van der Waals surface area contributed by atoms with E-state index in [4.69, 9.17) is 4.74 Å². The van der Waals surface area contributed by atoms with Crippen LogP contribution in [-0.2, 0) is 9.53 Å². The zero-order valence-electron chi connectivity index (χ0n) is 15.3.